The van der Waals surface area contributed by atoms with Crippen molar-refractivity contribution in [3.05, 3.63) is 53.1 Å². The third kappa shape index (κ3) is 4.48. The van der Waals surface area contributed by atoms with Crippen molar-refractivity contribution >= 4 is 33.2 Å². The summed E-state index contributed by atoms with van der Waals surface area (Å²) in [5.41, 5.74) is 0.799. The number of anilines is 1. The molecular formula is C17H15ClF2N2O4S. The number of nitrogens with one attached hydrogen (secondary N) is 2. The average Bonchev–Trinajstić information content (AvgIpc) is 2.60. The minimum absolute atomic E-state index is 0.0690. The first-order chi connectivity index (χ1) is 12.8. The van der Waals surface area contributed by atoms with E-state index in [0.717, 1.165) is 0 Å². The second-order valence-electron chi connectivity index (χ2n) is 5.82. The molecule has 144 valence electrons. The second kappa shape index (κ2) is 7.69. The molecule has 0 saturated heterocycles. The van der Waals surface area contributed by atoms with Crippen LogP contribution in [0.25, 0.3) is 0 Å². The molecule has 6 nitrogen and oxygen atoms in total. The van der Waals surface area contributed by atoms with Crippen LogP contribution in [0, 0.1) is 0 Å². The predicted molar refractivity (Wildman–Crippen MR) is 96.1 cm³/mol. The lowest BCUT2D eigenvalue weighted by Gasteiger charge is -2.26. The molecule has 0 saturated carbocycles. The molecule has 1 unspecified atom stereocenters. The van der Waals surface area contributed by atoms with Crippen LogP contribution in [0.15, 0.2) is 47.4 Å². The highest BCUT2D eigenvalue weighted by atomic mass is 35.5. The fraction of sp³-hybridized carbons (Fsp3) is 0.235. The van der Waals surface area contributed by atoms with Gasteiger partial charge in [0.2, 0.25) is 0 Å². The number of alkyl halides is 2. The van der Waals surface area contributed by atoms with Gasteiger partial charge in [0.1, 0.15) is 5.75 Å². The standard InChI is InChI=1S/C17H15ClF2N2O4S/c18-12-9-10(5-6-14(12)26-16(19)20)21-17(23)22-13-7-8-27(24,25)15-4-2-1-3-11(13)15/h1-6,9,13,16H,7-8H2,(H2,21,22,23). The molecule has 0 bridgehead atoms. The maximum absolute atomic E-state index is 12.3. The molecule has 2 aromatic rings. The van der Waals surface area contributed by atoms with Gasteiger partial charge in [-0.1, -0.05) is 29.8 Å². The molecular weight excluding hydrogens is 402 g/mol. The summed E-state index contributed by atoms with van der Waals surface area (Å²) >= 11 is 5.85. The van der Waals surface area contributed by atoms with Crippen molar-refractivity contribution in [1.82, 2.24) is 5.32 Å². The van der Waals surface area contributed by atoms with Crippen molar-refractivity contribution in [2.75, 3.05) is 11.1 Å². The molecule has 2 aromatic carbocycles. The third-order valence-corrected chi connectivity index (χ3v) is 6.13. The van der Waals surface area contributed by atoms with E-state index in [4.69, 9.17) is 11.6 Å². The Labute approximate surface area is 159 Å². The molecule has 1 aliphatic heterocycles. The maximum Gasteiger partial charge on any atom is 0.387 e. The van der Waals surface area contributed by atoms with E-state index < -0.39 is 28.5 Å². The molecule has 10 heteroatoms. The summed E-state index contributed by atoms with van der Waals surface area (Å²) in [4.78, 5) is 12.5. The van der Waals surface area contributed by atoms with Gasteiger partial charge in [-0.05, 0) is 36.2 Å². The topological polar surface area (TPSA) is 84.5 Å². The van der Waals surface area contributed by atoms with E-state index in [9.17, 15) is 22.0 Å². The van der Waals surface area contributed by atoms with Crippen molar-refractivity contribution < 1.29 is 26.7 Å². The Kier molecular flexibility index (Phi) is 5.52. The van der Waals surface area contributed by atoms with Crippen molar-refractivity contribution in [1.29, 1.82) is 0 Å². The summed E-state index contributed by atoms with van der Waals surface area (Å²) in [6.07, 6.45) is 0.245. The van der Waals surface area contributed by atoms with Crippen molar-refractivity contribution in [3.63, 3.8) is 0 Å². The minimum Gasteiger partial charge on any atom is -0.433 e. The Morgan fingerprint density at radius 2 is 1.96 bits per heavy atom. The fourth-order valence-electron chi connectivity index (χ4n) is 2.84. The normalized spacial score (nSPS) is 17.9. The zero-order valence-electron chi connectivity index (χ0n) is 13.8. The van der Waals surface area contributed by atoms with Crippen LogP contribution >= 0.6 is 11.6 Å². The highest BCUT2D eigenvalue weighted by Crippen LogP contribution is 2.32. The molecule has 0 fully saturated rings. The van der Waals surface area contributed by atoms with Gasteiger partial charge in [0.05, 0.1) is 21.7 Å². The number of carbonyl (C=O) groups is 1. The Bertz CT molecular complexity index is 969. The van der Waals surface area contributed by atoms with Gasteiger partial charge in [-0.2, -0.15) is 8.78 Å². The third-order valence-electron chi connectivity index (χ3n) is 4.02. The molecule has 3 rings (SSSR count). The highest BCUT2D eigenvalue weighted by molar-refractivity contribution is 7.91. The number of hydrogen-bond donors (Lipinski definition) is 2. The van der Waals surface area contributed by atoms with Gasteiger partial charge in [0.15, 0.2) is 9.84 Å². The van der Waals surface area contributed by atoms with Crippen LogP contribution in [-0.4, -0.2) is 26.8 Å². The molecule has 0 aliphatic carbocycles. The zero-order valence-corrected chi connectivity index (χ0v) is 15.4. The predicted octanol–water partition coefficient (Wildman–Crippen LogP) is 3.98. The fourth-order valence-corrected chi connectivity index (χ4v) is 4.68. The number of benzene rings is 2. The van der Waals surface area contributed by atoms with Crippen LogP contribution in [-0.2, 0) is 9.84 Å². The summed E-state index contributed by atoms with van der Waals surface area (Å²) in [5, 5.41) is 5.17. The van der Waals surface area contributed by atoms with Crippen LogP contribution in [0.2, 0.25) is 5.02 Å². The number of fused-ring (bicyclic) bond motifs is 1. The number of rotatable bonds is 4. The molecule has 1 heterocycles. The molecule has 2 amide bonds. The highest BCUT2D eigenvalue weighted by Gasteiger charge is 2.30. The molecule has 27 heavy (non-hydrogen) atoms. The van der Waals surface area contributed by atoms with E-state index >= 15 is 0 Å². The number of urea groups is 1. The van der Waals surface area contributed by atoms with Gasteiger partial charge in [0, 0.05) is 5.69 Å². The first-order valence-corrected chi connectivity index (χ1v) is 9.93. The van der Waals surface area contributed by atoms with E-state index in [0.29, 0.717) is 5.56 Å². The van der Waals surface area contributed by atoms with Crippen LogP contribution in [0.4, 0.5) is 19.3 Å². The zero-order chi connectivity index (χ0) is 19.6. The van der Waals surface area contributed by atoms with Gasteiger partial charge in [-0.25, -0.2) is 13.2 Å². The van der Waals surface area contributed by atoms with Crippen molar-refractivity contribution in [3.8, 4) is 5.75 Å². The van der Waals surface area contributed by atoms with Crippen LogP contribution < -0.4 is 15.4 Å². The largest absolute Gasteiger partial charge is 0.433 e. The molecule has 0 aromatic heterocycles. The number of hydrogen-bond acceptors (Lipinski definition) is 4. The van der Waals surface area contributed by atoms with Crippen molar-refractivity contribution in [2.24, 2.45) is 0 Å². The van der Waals surface area contributed by atoms with E-state index in [1.807, 2.05) is 0 Å². The molecule has 1 atom stereocenters. The quantitative estimate of drug-likeness (QED) is 0.789. The van der Waals surface area contributed by atoms with Crippen molar-refractivity contribution in [2.45, 2.75) is 24.0 Å². The Balaban J connectivity index is 1.71. The number of sulfone groups is 1. The number of amides is 2. The van der Waals surface area contributed by atoms with Gasteiger partial charge >= 0.3 is 12.6 Å². The lowest BCUT2D eigenvalue weighted by molar-refractivity contribution is -0.0497. The first-order valence-electron chi connectivity index (χ1n) is 7.90. The summed E-state index contributed by atoms with van der Waals surface area (Å²) in [5.74, 6) is -0.274. The first kappa shape index (κ1) is 19.4. The van der Waals surface area contributed by atoms with Gasteiger partial charge in [-0.3, -0.25) is 0 Å². The number of ether oxygens (including phenoxy) is 1. The van der Waals surface area contributed by atoms with E-state index in [1.165, 1.54) is 24.3 Å². The Morgan fingerprint density at radius 3 is 2.67 bits per heavy atom. The number of carbonyl (C=O) groups excluding carboxylic acids is 1. The van der Waals surface area contributed by atoms with Crippen LogP contribution in [0.3, 0.4) is 0 Å². The molecule has 0 radical (unpaired) electrons. The molecule has 1 aliphatic rings. The SMILES string of the molecule is O=C(Nc1ccc(OC(F)F)c(Cl)c1)NC1CCS(=O)(=O)c2ccccc21. The van der Waals surface area contributed by atoms with Gasteiger partial charge < -0.3 is 15.4 Å². The summed E-state index contributed by atoms with van der Waals surface area (Å²) < 4.78 is 53.0. The maximum atomic E-state index is 12.3. The van der Waals surface area contributed by atoms with Crippen LogP contribution in [0.1, 0.15) is 18.0 Å². The smallest absolute Gasteiger partial charge is 0.387 e. The molecule has 2 N–H and O–H groups in total. The van der Waals surface area contributed by atoms with Crippen LogP contribution in [0.5, 0.6) is 5.75 Å². The van der Waals surface area contributed by atoms with E-state index in [-0.39, 0.29) is 33.5 Å². The summed E-state index contributed by atoms with van der Waals surface area (Å²) in [6.45, 7) is -3.01. The second-order valence-corrected chi connectivity index (χ2v) is 8.30. The van der Waals surface area contributed by atoms with E-state index in [1.54, 1.807) is 18.2 Å². The number of halogens is 3. The average molecular weight is 417 g/mol. The summed E-state index contributed by atoms with van der Waals surface area (Å²) in [6, 6.07) is 9.31. The van der Waals surface area contributed by atoms with Gasteiger partial charge in [0.25, 0.3) is 0 Å². The Hall–Kier alpha value is -2.39. The van der Waals surface area contributed by atoms with E-state index in [2.05, 4.69) is 15.4 Å². The Morgan fingerprint density at radius 1 is 1.22 bits per heavy atom. The lowest BCUT2D eigenvalue weighted by atomic mass is 10.0. The minimum atomic E-state index is -3.35. The molecule has 0 spiro atoms. The lowest BCUT2D eigenvalue weighted by Crippen LogP contribution is -2.36. The van der Waals surface area contributed by atoms with Gasteiger partial charge in [-0.15, -0.1) is 0 Å². The monoisotopic (exact) mass is 416 g/mol. The summed E-state index contributed by atoms with van der Waals surface area (Å²) in [7, 11) is -3.35.